The Morgan fingerprint density at radius 2 is 2.00 bits per heavy atom. The Balaban J connectivity index is 0.00000288. The molecule has 0 amide bonds. The summed E-state index contributed by atoms with van der Waals surface area (Å²) in [6.45, 7) is 7.45. The van der Waals surface area contributed by atoms with Gasteiger partial charge in [-0.1, -0.05) is 0 Å². The lowest BCUT2D eigenvalue weighted by molar-refractivity contribution is 0.472. The average molecular weight is 470 g/mol. The minimum atomic E-state index is -2.96. The number of nitrogens with zero attached hydrogens (tertiary/aromatic N) is 2. The molecule has 0 aromatic carbocycles. The highest BCUT2D eigenvalue weighted by atomic mass is 127. The smallest absolute Gasteiger partial charge is 0.216 e. The number of oxazole rings is 1. The summed E-state index contributed by atoms with van der Waals surface area (Å²) >= 11 is 0. The van der Waals surface area contributed by atoms with E-state index < -0.39 is 9.84 Å². The third kappa shape index (κ3) is 6.58. The van der Waals surface area contributed by atoms with E-state index in [-0.39, 0.29) is 35.1 Å². The van der Waals surface area contributed by atoms with Crippen molar-refractivity contribution < 1.29 is 12.8 Å². The zero-order valence-corrected chi connectivity index (χ0v) is 17.8. The van der Waals surface area contributed by atoms with Gasteiger partial charge in [0, 0.05) is 24.8 Å². The van der Waals surface area contributed by atoms with Gasteiger partial charge in [0.1, 0.15) is 22.1 Å². The third-order valence-electron chi connectivity index (χ3n) is 3.95. The molecule has 0 radical (unpaired) electrons. The molecule has 0 aliphatic heterocycles. The second-order valence-corrected chi connectivity index (χ2v) is 8.51. The van der Waals surface area contributed by atoms with E-state index in [1.165, 1.54) is 6.26 Å². The fourth-order valence-electron chi connectivity index (χ4n) is 2.47. The lowest BCUT2D eigenvalue weighted by atomic mass is 10.1. The first-order valence-corrected chi connectivity index (χ1v) is 9.92. The minimum absolute atomic E-state index is 0. The zero-order valence-electron chi connectivity index (χ0n) is 14.7. The normalized spacial score (nSPS) is 16.4. The van der Waals surface area contributed by atoms with Gasteiger partial charge >= 0.3 is 0 Å². The number of hydrogen-bond acceptors (Lipinski definition) is 5. The molecule has 2 rings (SSSR count). The van der Waals surface area contributed by atoms with Crippen LogP contribution in [0.15, 0.2) is 9.41 Å². The molecule has 9 heteroatoms. The highest BCUT2D eigenvalue weighted by Crippen LogP contribution is 2.45. The van der Waals surface area contributed by atoms with Gasteiger partial charge < -0.3 is 15.1 Å². The van der Waals surface area contributed by atoms with Crippen molar-refractivity contribution in [3.8, 4) is 0 Å². The van der Waals surface area contributed by atoms with Crippen LogP contribution in [0.5, 0.6) is 0 Å². The van der Waals surface area contributed by atoms with E-state index in [2.05, 4.69) is 20.6 Å². The Labute approximate surface area is 161 Å². The first-order chi connectivity index (χ1) is 10.7. The number of hydrogen-bond donors (Lipinski definition) is 2. The molecule has 138 valence electrons. The summed E-state index contributed by atoms with van der Waals surface area (Å²) in [7, 11) is -2.96. The monoisotopic (exact) mass is 470 g/mol. The van der Waals surface area contributed by atoms with Crippen LogP contribution in [0.4, 0.5) is 0 Å². The third-order valence-corrected chi connectivity index (χ3v) is 5.08. The molecular formula is C15H27IN4O3S. The van der Waals surface area contributed by atoms with Crippen LogP contribution < -0.4 is 10.6 Å². The van der Waals surface area contributed by atoms with Crippen molar-refractivity contribution in [3.05, 3.63) is 17.3 Å². The van der Waals surface area contributed by atoms with Gasteiger partial charge in [-0.05, 0) is 33.6 Å². The first kappa shape index (κ1) is 21.2. The predicted octanol–water partition coefficient (Wildman–Crippen LogP) is 1.79. The van der Waals surface area contributed by atoms with Gasteiger partial charge in [0.05, 0.1) is 11.4 Å². The molecule has 1 saturated carbocycles. The largest absolute Gasteiger partial charge is 0.444 e. The van der Waals surface area contributed by atoms with Gasteiger partial charge in [-0.25, -0.2) is 18.4 Å². The van der Waals surface area contributed by atoms with Gasteiger partial charge in [-0.15, -0.1) is 24.0 Å². The van der Waals surface area contributed by atoms with Gasteiger partial charge in [0.25, 0.3) is 0 Å². The van der Waals surface area contributed by atoms with Gasteiger partial charge in [0.15, 0.2) is 5.96 Å². The van der Waals surface area contributed by atoms with Crippen LogP contribution >= 0.6 is 24.0 Å². The summed E-state index contributed by atoms with van der Waals surface area (Å²) < 4.78 is 28.5. The van der Waals surface area contributed by atoms with E-state index in [9.17, 15) is 8.42 Å². The second-order valence-electron chi connectivity index (χ2n) is 6.37. The van der Waals surface area contributed by atoms with Crippen LogP contribution in [0.3, 0.4) is 0 Å². The van der Waals surface area contributed by atoms with E-state index >= 15 is 0 Å². The van der Waals surface area contributed by atoms with E-state index in [4.69, 9.17) is 4.42 Å². The number of nitrogens with one attached hydrogen (secondary N) is 2. The summed E-state index contributed by atoms with van der Waals surface area (Å²) in [5, 5.41) is 6.40. The summed E-state index contributed by atoms with van der Waals surface area (Å²) in [5.41, 5.74) is 0.734. The van der Waals surface area contributed by atoms with Crippen molar-refractivity contribution in [1.29, 1.82) is 0 Å². The maximum atomic E-state index is 11.5. The van der Waals surface area contributed by atoms with Crippen LogP contribution in [-0.2, 0) is 16.4 Å². The zero-order chi connectivity index (χ0) is 17.1. The van der Waals surface area contributed by atoms with E-state index in [1.807, 2.05) is 20.8 Å². The first-order valence-electron chi connectivity index (χ1n) is 7.86. The van der Waals surface area contributed by atoms with Crippen LogP contribution in [-0.4, -0.2) is 44.5 Å². The fraction of sp³-hybridized carbons (Fsp3) is 0.733. The number of aliphatic imine (C=N–C) groups is 1. The molecule has 2 N–H and O–H groups in total. The second kappa shape index (κ2) is 8.50. The fourth-order valence-corrected chi connectivity index (χ4v) is 3.97. The lowest BCUT2D eigenvalue weighted by Crippen LogP contribution is -2.41. The van der Waals surface area contributed by atoms with Crippen LogP contribution in [0, 0.1) is 19.3 Å². The predicted molar refractivity (Wildman–Crippen MR) is 106 cm³/mol. The Hall–Kier alpha value is -0.840. The Kier molecular flexibility index (Phi) is 7.51. The number of rotatable bonds is 7. The number of sulfone groups is 1. The summed E-state index contributed by atoms with van der Waals surface area (Å²) in [6, 6.07) is 0. The molecule has 0 bridgehead atoms. The van der Waals surface area contributed by atoms with E-state index in [1.54, 1.807) is 0 Å². The van der Waals surface area contributed by atoms with Crippen LogP contribution in [0.25, 0.3) is 0 Å². The summed E-state index contributed by atoms with van der Waals surface area (Å²) in [6.07, 6.45) is 3.16. The molecule has 0 unspecified atom stereocenters. The SMILES string of the molecule is CCNC(=NCc1nc(C)c(C)o1)NCC1(CS(C)(=O)=O)CC1.I. The quantitative estimate of drug-likeness (QED) is 0.359. The molecule has 0 atom stereocenters. The van der Waals surface area contributed by atoms with Crippen molar-refractivity contribution >= 4 is 39.8 Å². The molecule has 1 aliphatic carbocycles. The highest BCUT2D eigenvalue weighted by molar-refractivity contribution is 14.0. The van der Waals surface area contributed by atoms with Crippen molar-refractivity contribution in [1.82, 2.24) is 15.6 Å². The molecule has 24 heavy (non-hydrogen) atoms. The Bertz CT molecular complexity index is 661. The van der Waals surface area contributed by atoms with Gasteiger partial charge in [-0.2, -0.15) is 0 Å². The highest BCUT2D eigenvalue weighted by Gasteiger charge is 2.45. The maximum absolute atomic E-state index is 11.5. The standard InChI is InChI=1S/C15H26N4O3S.HI/c1-5-16-14(17-8-13-19-11(2)12(3)22-13)18-9-15(6-7-15)10-23(4,20)21;/h5-10H2,1-4H3,(H2,16,17,18);1H. The van der Waals surface area contributed by atoms with Crippen LogP contribution in [0.1, 0.15) is 37.1 Å². The van der Waals surface area contributed by atoms with Gasteiger partial charge in [0.2, 0.25) is 5.89 Å². The van der Waals surface area contributed by atoms with Crippen molar-refractivity contribution in [2.24, 2.45) is 10.4 Å². The molecule has 0 saturated heterocycles. The molecule has 1 aromatic rings. The Morgan fingerprint density at radius 1 is 1.33 bits per heavy atom. The Morgan fingerprint density at radius 3 is 2.46 bits per heavy atom. The lowest BCUT2D eigenvalue weighted by Gasteiger charge is -2.17. The van der Waals surface area contributed by atoms with E-state index in [0.717, 1.165) is 30.8 Å². The molecule has 1 aliphatic rings. The molecule has 1 fully saturated rings. The maximum Gasteiger partial charge on any atom is 0.216 e. The molecule has 0 spiro atoms. The van der Waals surface area contributed by atoms with Crippen molar-refractivity contribution in [2.45, 2.75) is 40.2 Å². The molecule has 1 heterocycles. The molecular weight excluding hydrogens is 443 g/mol. The summed E-state index contributed by atoms with van der Waals surface area (Å²) in [5.74, 6) is 2.26. The van der Waals surface area contributed by atoms with Crippen molar-refractivity contribution in [2.75, 3.05) is 25.1 Å². The minimum Gasteiger partial charge on any atom is -0.444 e. The average Bonchev–Trinajstić information content (AvgIpc) is 3.10. The number of guanidine groups is 1. The topological polar surface area (TPSA) is 96.6 Å². The van der Waals surface area contributed by atoms with Gasteiger partial charge in [-0.3, -0.25) is 0 Å². The number of aryl methyl sites for hydroxylation is 2. The van der Waals surface area contributed by atoms with Crippen molar-refractivity contribution in [3.63, 3.8) is 0 Å². The number of halogens is 1. The molecule has 1 aromatic heterocycles. The number of aromatic nitrogens is 1. The molecule has 7 nitrogen and oxygen atoms in total. The van der Waals surface area contributed by atoms with E-state index in [0.29, 0.717) is 24.9 Å². The van der Waals surface area contributed by atoms with Crippen LogP contribution in [0.2, 0.25) is 0 Å². The summed E-state index contributed by atoms with van der Waals surface area (Å²) in [4.78, 5) is 8.76.